The topological polar surface area (TPSA) is 127 Å². The van der Waals surface area contributed by atoms with Crippen LogP contribution in [0.15, 0.2) is 109 Å². The Morgan fingerprint density at radius 3 is 1.10 bits per heavy atom. The molecule has 4 aromatic rings. The number of hydrogen-bond donors (Lipinski definition) is 2. The van der Waals surface area contributed by atoms with Crippen LogP contribution in [0.1, 0.15) is 20.7 Å². The molecule has 202 valence electrons. The van der Waals surface area contributed by atoms with Gasteiger partial charge in [-0.25, -0.2) is 9.59 Å². The van der Waals surface area contributed by atoms with E-state index in [1.807, 2.05) is 60.7 Å². The van der Waals surface area contributed by atoms with Gasteiger partial charge in [0.15, 0.2) is 37.0 Å². The summed E-state index contributed by atoms with van der Waals surface area (Å²) in [5.41, 5.74) is 4.29. The minimum Gasteiger partial charge on any atom is -0.455 e. The third-order valence-corrected chi connectivity index (χ3v) is 6.10. The van der Waals surface area contributed by atoms with Crippen molar-refractivity contribution in [3.63, 3.8) is 0 Å². The standard InChI is InChI=1S/C32H26O8/c33-27(25-15-11-23(12-16-25)21-7-3-1-4-8-21)19-39-31(37)29(35)30(36)32(38)40-20-28(34)26-17-13-24(14-18-26)22-9-5-2-6-10-22/h1-18,29-30,35-36H,19-20H2/t29-,30-/m0/s1. The Hall–Kier alpha value is -4.92. The minimum absolute atomic E-state index is 0.275. The maximum Gasteiger partial charge on any atom is 0.338 e. The monoisotopic (exact) mass is 538 g/mol. The van der Waals surface area contributed by atoms with E-state index in [1.165, 1.54) is 0 Å². The van der Waals surface area contributed by atoms with Gasteiger partial charge >= 0.3 is 11.9 Å². The van der Waals surface area contributed by atoms with Gasteiger partial charge in [0.1, 0.15) is 0 Å². The second kappa shape index (κ2) is 13.2. The van der Waals surface area contributed by atoms with Gasteiger partial charge in [-0.1, -0.05) is 109 Å². The number of aliphatic hydroxyl groups excluding tert-OH is 2. The quantitative estimate of drug-likeness (QED) is 0.218. The molecule has 0 spiro atoms. The van der Waals surface area contributed by atoms with Crippen molar-refractivity contribution in [2.24, 2.45) is 0 Å². The van der Waals surface area contributed by atoms with Crippen molar-refractivity contribution < 1.29 is 38.9 Å². The number of carbonyl (C=O) groups is 4. The third-order valence-electron chi connectivity index (χ3n) is 6.10. The summed E-state index contributed by atoms with van der Waals surface area (Å²) in [7, 11) is 0. The minimum atomic E-state index is -2.30. The highest BCUT2D eigenvalue weighted by Crippen LogP contribution is 2.20. The molecule has 40 heavy (non-hydrogen) atoms. The number of ketones is 2. The zero-order valence-corrected chi connectivity index (χ0v) is 21.3. The van der Waals surface area contributed by atoms with Crippen molar-refractivity contribution in [2.45, 2.75) is 12.2 Å². The normalized spacial score (nSPS) is 12.2. The van der Waals surface area contributed by atoms with Crippen LogP contribution in [0.3, 0.4) is 0 Å². The van der Waals surface area contributed by atoms with E-state index in [2.05, 4.69) is 0 Å². The highest BCUT2D eigenvalue weighted by atomic mass is 16.6. The summed E-state index contributed by atoms with van der Waals surface area (Å²) < 4.78 is 9.55. The van der Waals surface area contributed by atoms with E-state index in [9.17, 15) is 29.4 Å². The van der Waals surface area contributed by atoms with E-state index in [0.717, 1.165) is 22.3 Å². The maximum absolute atomic E-state index is 12.4. The lowest BCUT2D eigenvalue weighted by Crippen LogP contribution is -2.42. The first kappa shape index (κ1) is 28.1. The van der Waals surface area contributed by atoms with E-state index in [0.29, 0.717) is 0 Å². The fraction of sp³-hybridized carbons (Fsp3) is 0.125. The van der Waals surface area contributed by atoms with Gasteiger partial charge in [-0.2, -0.15) is 0 Å². The highest BCUT2D eigenvalue weighted by Gasteiger charge is 2.33. The molecule has 0 radical (unpaired) electrons. The van der Waals surface area contributed by atoms with E-state index >= 15 is 0 Å². The molecule has 0 heterocycles. The first-order chi connectivity index (χ1) is 19.3. The van der Waals surface area contributed by atoms with E-state index in [-0.39, 0.29) is 11.1 Å². The van der Waals surface area contributed by atoms with Gasteiger partial charge in [0, 0.05) is 11.1 Å². The number of ether oxygens (including phenoxy) is 2. The molecule has 2 atom stereocenters. The molecule has 0 saturated carbocycles. The number of rotatable bonds is 11. The van der Waals surface area contributed by atoms with Gasteiger partial charge in [0.05, 0.1) is 0 Å². The molecule has 4 rings (SSSR count). The molecule has 0 bridgehead atoms. The predicted molar refractivity (Wildman–Crippen MR) is 146 cm³/mol. The summed E-state index contributed by atoms with van der Waals surface area (Å²) in [5.74, 6) is -3.86. The number of Topliss-reactive ketones (excluding diaryl/α,β-unsaturated/α-hetero) is 2. The zero-order valence-electron chi connectivity index (χ0n) is 21.3. The molecule has 0 aliphatic heterocycles. The Bertz CT molecular complexity index is 1350. The Morgan fingerprint density at radius 2 is 0.775 bits per heavy atom. The van der Waals surface area contributed by atoms with Gasteiger partial charge in [-0.15, -0.1) is 0 Å². The first-order valence-electron chi connectivity index (χ1n) is 12.4. The van der Waals surface area contributed by atoms with Gasteiger partial charge in [0.2, 0.25) is 0 Å². The molecule has 0 unspecified atom stereocenters. The van der Waals surface area contributed by atoms with Crippen molar-refractivity contribution in [1.82, 2.24) is 0 Å². The lowest BCUT2D eigenvalue weighted by atomic mass is 10.0. The van der Waals surface area contributed by atoms with Crippen LogP contribution < -0.4 is 0 Å². The Morgan fingerprint density at radius 1 is 0.475 bits per heavy atom. The maximum atomic E-state index is 12.4. The lowest BCUT2D eigenvalue weighted by Gasteiger charge is -2.15. The number of carbonyl (C=O) groups excluding carboxylic acids is 4. The second-order valence-corrected chi connectivity index (χ2v) is 8.84. The first-order valence-corrected chi connectivity index (χ1v) is 12.4. The summed E-state index contributed by atoms with van der Waals surface area (Å²) in [5, 5.41) is 20.0. The Balaban J connectivity index is 1.23. The van der Waals surface area contributed by atoms with Crippen molar-refractivity contribution >= 4 is 23.5 Å². The third kappa shape index (κ3) is 7.13. The van der Waals surface area contributed by atoms with Crippen LogP contribution in [-0.4, -0.2) is 59.1 Å². The highest BCUT2D eigenvalue weighted by molar-refractivity contribution is 5.99. The summed E-state index contributed by atoms with van der Waals surface area (Å²) in [4.78, 5) is 49.0. The summed E-state index contributed by atoms with van der Waals surface area (Å²) >= 11 is 0. The molecule has 0 fully saturated rings. The molecule has 0 aliphatic rings. The van der Waals surface area contributed by atoms with Gasteiger partial charge in [0.25, 0.3) is 0 Å². The van der Waals surface area contributed by atoms with E-state index in [1.54, 1.807) is 48.5 Å². The number of aliphatic hydroxyl groups is 2. The Labute approximate surface area is 230 Å². The number of hydrogen-bond acceptors (Lipinski definition) is 8. The van der Waals surface area contributed by atoms with Crippen LogP contribution in [0, 0.1) is 0 Å². The lowest BCUT2D eigenvalue weighted by molar-refractivity contribution is -0.171. The smallest absolute Gasteiger partial charge is 0.338 e. The summed E-state index contributed by atoms with van der Waals surface area (Å²) in [6.45, 7) is -1.42. The van der Waals surface area contributed by atoms with Gasteiger partial charge < -0.3 is 19.7 Å². The van der Waals surface area contributed by atoms with Crippen molar-refractivity contribution in [1.29, 1.82) is 0 Å². The molecular formula is C32H26O8. The SMILES string of the molecule is O=C(COC(=O)[C@@H](O)[C@H](O)C(=O)OCC(=O)c1ccc(-c2ccccc2)cc1)c1ccc(-c2ccccc2)cc1. The molecule has 8 nitrogen and oxygen atoms in total. The Kier molecular flexibility index (Phi) is 9.30. The number of benzene rings is 4. The molecular weight excluding hydrogens is 512 g/mol. The molecule has 0 aliphatic carbocycles. The fourth-order valence-electron chi connectivity index (χ4n) is 3.83. The van der Waals surface area contributed by atoms with E-state index in [4.69, 9.17) is 9.47 Å². The van der Waals surface area contributed by atoms with Gasteiger partial charge in [-0.3, -0.25) is 9.59 Å². The van der Waals surface area contributed by atoms with Crippen LogP contribution >= 0.6 is 0 Å². The van der Waals surface area contributed by atoms with Crippen molar-refractivity contribution in [2.75, 3.05) is 13.2 Å². The molecule has 4 aromatic carbocycles. The van der Waals surface area contributed by atoms with Crippen LogP contribution in [0.2, 0.25) is 0 Å². The predicted octanol–water partition coefficient (Wildman–Crippen LogP) is 3.89. The molecule has 8 heteroatoms. The van der Waals surface area contributed by atoms with Crippen LogP contribution in [0.5, 0.6) is 0 Å². The van der Waals surface area contributed by atoms with Gasteiger partial charge in [-0.05, 0) is 22.3 Å². The average molecular weight is 539 g/mol. The van der Waals surface area contributed by atoms with Crippen LogP contribution in [0.25, 0.3) is 22.3 Å². The second-order valence-electron chi connectivity index (χ2n) is 8.84. The summed E-state index contributed by atoms with van der Waals surface area (Å²) in [6, 6.07) is 32.4. The van der Waals surface area contributed by atoms with Crippen LogP contribution in [0.4, 0.5) is 0 Å². The summed E-state index contributed by atoms with van der Waals surface area (Å²) in [6.07, 6.45) is -4.61. The molecule has 0 saturated heterocycles. The molecule has 0 aromatic heterocycles. The average Bonchev–Trinajstić information content (AvgIpc) is 3.02. The molecule has 0 amide bonds. The molecule has 2 N–H and O–H groups in total. The van der Waals surface area contributed by atoms with Crippen LogP contribution in [-0.2, 0) is 19.1 Å². The zero-order chi connectivity index (χ0) is 28.5. The van der Waals surface area contributed by atoms with Crippen molar-refractivity contribution in [3.8, 4) is 22.3 Å². The number of esters is 2. The van der Waals surface area contributed by atoms with Crippen molar-refractivity contribution in [3.05, 3.63) is 120 Å². The van der Waals surface area contributed by atoms with E-state index < -0.39 is 48.9 Å². The fourth-order valence-corrected chi connectivity index (χ4v) is 3.83. The largest absolute Gasteiger partial charge is 0.455 e.